The molecule has 2 rings (SSSR count). The molecule has 2 saturated heterocycles. The third-order valence-electron chi connectivity index (χ3n) is 2.92. The number of rotatable bonds is 0. The van der Waals surface area contributed by atoms with E-state index in [9.17, 15) is 5.11 Å². The lowest BCUT2D eigenvalue weighted by Crippen LogP contribution is -2.59. The van der Waals surface area contributed by atoms with Crippen LogP contribution in [0.2, 0.25) is 0 Å². The smallest absolute Gasteiger partial charge is 0.0682 e. The largest absolute Gasteiger partial charge is 0.392 e. The van der Waals surface area contributed by atoms with Gasteiger partial charge in [0.1, 0.15) is 0 Å². The van der Waals surface area contributed by atoms with Crippen LogP contribution >= 0.6 is 0 Å². The van der Waals surface area contributed by atoms with Gasteiger partial charge in [-0.3, -0.25) is 4.90 Å². The Bertz CT molecular complexity index is 181. The molecular weight excluding hydrogens is 152 g/mol. The average Bonchev–Trinajstić information content (AvgIpc) is 2.26. The van der Waals surface area contributed by atoms with Crippen LogP contribution in [0.3, 0.4) is 0 Å². The molecule has 0 aromatic carbocycles. The average molecular weight is 170 g/mol. The van der Waals surface area contributed by atoms with Gasteiger partial charge in [-0.15, -0.1) is 0 Å². The van der Waals surface area contributed by atoms with E-state index in [2.05, 4.69) is 24.1 Å². The molecule has 0 saturated carbocycles. The monoisotopic (exact) mass is 170 g/mol. The van der Waals surface area contributed by atoms with Crippen LogP contribution in [0.5, 0.6) is 0 Å². The highest BCUT2D eigenvalue weighted by Crippen LogP contribution is 2.23. The lowest BCUT2D eigenvalue weighted by Gasteiger charge is -2.41. The minimum absolute atomic E-state index is 0.0919. The zero-order valence-corrected chi connectivity index (χ0v) is 7.88. The first-order valence-corrected chi connectivity index (χ1v) is 4.74. The van der Waals surface area contributed by atoms with Crippen LogP contribution in [0.25, 0.3) is 0 Å². The van der Waals surface area contributed by atoms with Gasteiger partial charge >= 0.3 is 0 Å². The summed E-state index contributed by atoms with van der Waals surface area (Å²) in [6.45, 7) is 7.40. The van der Waals surface area contributed by atoms with Crippen LogP contribution in [-0.2, 0) is 0 Å². The molecule has 0 aromatic rings. The van der Waals surface area contributed by atoms with E-state index in [1.165, 1.54) is 0 Å². The minimum atomic E-state index is -0.0919. The molecule has 2 aliphatic heterocycles. The third kappa shape index (κ3) is 1.49. The zero-order chi connectivity index (χ0) is 8.77. The van der Waals surface area contributed by atoms with Crippen molar-refractivity contribution in [3.63, 3.8) is 0 Å². The van der Waals surface area contributed by atoms with Gasteiger partial charge in [0.2, 0.25) is 0 Å². The fourth-order valence-electron chi connectivity index (χ4n) is 2.32. The molecule has 0 radical (unpaired) electrons. The van der Waals surface area contributed by atoms with E-state index in [4.69, 9.17) is 0 Å². The molecule has 0 spiro atoms. The Morgan fingerprint density at radius 2 is 2.25 bits per heavy atom. The summed E-state index contributed by atoms with van der Waals surface area (Å²) < 4.78 is 0. The van der Waals surface area contributed by atoms with Gasteiger partial charge in [0.05, 0.1) is 6.10 Å². The van der Waals surface area contributed by atoms with Crippen molar-refractivity contribution in [1.29, 1.82) is 0 Å². The van der Waals surface area contributed by atoms with Crippen LogP contribution in [0.1, 0.15) is 20.3 Å². The fourth-order valence-corrected chi connectivity index (χ4v) is 2.32. The molecule has 70 valence electrons. The number of hydrogen-bond acceptors (Lipinski definition) is 3. The number of aliphatic hydroxyl groups excluding tert-OH is 1. The van der Waals surface area contributed by atoms with Crippen LogP contribution in [-0.4, -0.2) is 47.3 Å². The van der Waals surface area contributed by atoms with Crippen LogP contribution < -0.4 is 5.32 Å². The van der Waals surface area contributed by atoms with Gasteiger partial charge in [-0.25, -0.2) is 0 Å². The van der Waals surface area contributed by atoms with E-state index >= 15 is 0 Å². The molecule has 0 aliphatic carbocycles. The third-order valence-corrected chi connectivity index (χ3v) is 2.92. The highest BCUT2D eigenvalue weighted by molar-refractivity contribution is 4.97. The molecule has 2 N–H and O–H groups in total. The molecule has 3 heteroatoms. The molecule has 0 aromatic heterocycles. The van der Waals surface area contributed by atoms with E-state index in [0.29, 0.717) is 6.04 Å². The lowest BCUT2D eigenvalue weighted by atomic mass is 10.00. The molecule has 2 fully saturated rings. The molecular formula is C9H18N2O. The number of piperazine rings is 1. The minimum Gasteiger partial charge on any atom is -0.392 e. The van der Waals surface area contributed by atoms with Crippen molar-refractivity contribution in [3.8, 4) is 0 Å². The molecule has 2 aliphatic rings. The Balaban J connectivity index is 2.02. The first kappa shape index (κ1) is 8.48. The summed E-state index contributed by atoms with van der Waals surface area (Å²) in [5, 5.41) is 13.0. The highest BCUT2D eigenvalue weighted by Gasteiger charge is 2.38. The van der Waals surface area contributed by atoms with Crippen LogP contribution in [0.4, 0.5) is 0 Å². The topological polar surface area (TPSA) is 35.5 Å². The van der Waals surface area contributed by atoms with Gasteiger partial charge in [-0.2, -0.15) is 0 Å². The number of fused-ring (bicyclic) bond motifs is 1. The van der Waals surface area contributed by atoms with Crippen molar-refractivity contribution in [2.24, 2.45) is 0 Å². The first-order valence-electron chi connectivity index (χ1n) is 4.74. The Hall–Kier alpha value is -0.120. The predicted octanol–water partition coefficient (Wildman–Crippen LogP) is -0.197. The molecule has 0 amide bonds. The Labute approximate surface area is 73.8 Å². The number of aliphatic hydroxyl groups is 1. The maximum atomic E-state index is 9.46. The van der Waals surface area contributed by atoms with Gasteiger partial charge < -0.3 is 10.4 Å². The maximum Gasteiger partial charge on any atom is 0.0682 e. The SMILES string of the molecule is CC1(C)CN2C[C@H](O)C[C@H]2CN1. The van der Waals surface area contributed by atoms with Crippen LogP contribution in [0.15, 0.2) is 0 Å². The second kappa shape index (κ2) is 2.69. The summed E-state index contributed by atoms with van der Waals surface area (Å²) in [6, 6.07) is 0.577. The van der Waals surface area contributed by atoms with Gasteiger partial charge in [0.25, 0.3) is 0 Å². The molecule has 2 heterocycles. The van der Waals surface area contributed by atoms with E-state index in [-0.39, 0.29) is 11.6 Å². The number of hydrogen-bond donors (Lipinski definition) is 2. The van der Waals surface area contributed by atoms with Gasteiger partial charge in [0, 0.05) is 31.2 Å². The lowest BCUT2D eigenvalue weighted by molar-refractivity contribution is 0.122. The summed E-state index contributed by atoms with van der Waals surface area (Å²) in [5.74, 6) is 0. The molecule has 3 nitrogen and oxygen atoms in total. The van der Waals surface area contributed by atoms with Crippen molar-refractivity contribution in [2.75, 3.05) is 19.6 Å². The van der Waals surface area contributed by atoms with Crippen molar-refractivity contribution in [1.82, 2.24) is 10.2 Å². The summed E-state index contributed by atoms with van der Waals surface area (Å²) >= 11 is 0. The van der Waals surface area contributed by atoms with Gasteiger partial charge in [0.15, 0.2) is 0 Å². The van der Waals surface area contributed by atoms with Crippen LogP contribution in [0, 0.1) is 0 Å². The van der Waals surface area contributed by atoms with Gasteiger partial charge in [-0.1, -0.05) is 0 Å². The second-order valence-corrected chi connectivity index (χ2v) is 4.74. The van der Waals surface area contributed by atoms with E-state index in [1.54, 1.807) is 0 Å². The fraction of sp³-hybridized carbons (Fsp3) is 1.00. The highest BCUT2D eigenvalue weighted by atomic mass is 16.3. The van der Waals surface area contributed by atoms with Crippen molar-refractivity contribution >= 4 is 0 Å². The summed E-state index contributed by atoms with van der Waals surface area (Å²) in [6.07, 6.45) is 0.856. The Kier molecular flexibility index (Phi) is 1.90. The molecule has 0 unspecified atom stereocenters. The van der Waals surface area contributed by atoms with Crippen molar-refractivity contribution in [3.05, 3.63) is 0 Å². The number of nitrogens with zero attached hydrogens (tertiary/aromatic N) is 1. The molecule has 0 bridgehead atoms. The normalized spacial score (nSPS) is 41.2. The predicted molar refractivity (Wildman–Crippen MR) is 48.1 cm³/mol. The van der Waals surface area contributed by atoms with Crippen molar-refractivity contribution in [2.45, 2.75) is 38.0 Å². The van der Waals surface area contributed by atoms with E-state index < -0.39 is 0 Å². The summed E-state index contributed by atoms with van der Waals surface area (Å²) in [7, 11) is 0. The molecule has 12 heavy (non-hydrogen) atoms. The first-order chi connectivity index (χ1) is 5.57. The quantitative estimate of drug-likeness (QED) is 0.528. The summed E-state index contributed by atoms with van der Waals surface area (Å²) in [5.41, 5.74) is 0.223. The van der Waals surface area contributed by atoms with E-state index in [0.717, 1.165) is 26.1 Å². The maximum absolute atomic E-state index is 9.46. The van der Waals surface area contributed by atoms with Gasteiger partial charge in [-0.05, 0) is 20.3 Å². The second-order valence-electron chi connectivity index (χ2n) is 4.74. The number of nitrogens with one attached hydrogen (secondary N) is 1. The zero-order valence-electron chi connectivity index (χ0n) is 7.88. The van der Waals surface area contributed by atoms with E-state index in [1.807, 2.05) is 0 Å². The van der Waals surface area contributed by atoms with Crippen molar-refractivity contribution < 1.29 is 5.11 Å². The standard InChI is InChI=1S/C9H18N2O/c1-9(2)6-11-5-8(12)3-7(11)4-10-9/h7-8,10,12H,3-6H2,1-2H3/t7-,8+/m0/s1. The Morgan fingerprint density at radius 1 is 1.50 bits per heavy atom. The summed E-state index contributed by atoms with van der Waals surface area (Å²) in [4.78, 5) is 2.40. The molecule has 2 atom stereocenters. The Morgan fingerprint density at radius 3 is 3.00 bits per heavy atom.